The first kappa shape index (κ1) is 15.0. The van der Waals surface area contributed by atoms with Gasteiger partial charge in [-0.15, -0.1) is 0 Å². The summed E-state index contributed by atoms with van der Waals surface area (Å²) >= 11 is 0. The maximum Gasteiger partial charge on any atom is 0.198 e. The Balaban J connectivity index is 1.76. The van der Waals surface area contributed by atoms with Crippen molar-refractivity contribution in [2.24, 2.45) is 11.3 Å². The molecule has 5 N–H and O–H groups in total. The maximum atomic E-state index is 11.8. The van der Waals surface area contributed by atoms with Crippen LogP contribution in [0.25, 0.3) is 11.2 Å². The molecule has 0 bridgehead atoms. The fourth-order valence-corrected chi connectivity index (χ4v) is 5.83. The molecule has 124 valence electrons. The van der Waals surface area contributed by atoms with E-state index in [-0.39, 0.29) is 17.9 Å². The van der Waals surface area contributed by atoms with E-state index in [9.17, 15) is 19.7 Å². The Morgan fingerprint density at radius 2 is 2.17 bits per heavy atom. The molecule has 2 aromatic rings. The summed E-state index contributed by atoms with van der Waals surface area (Å²) in [6.45, 7) is 1.28. The Bertz CT molecular complexity index is 835. The molecule has 9 nitrogen and oxygen atoms in total. The number of hydrogen-bond acceptors (Lipinski definition) is 7. The van der Waals surface area contributed by atoms with Crippen LogP contribution in [0, 0.1) is 11.3 Å². The van der Waals surface area contributed by atoms with Crippen LogP contribution >= 0.6 is 7.37 Å². The lowest BCUT2D eigenvalue weighted by Gasteiger charge is -2.24. The van der Waals surface area contributed by atoms with Crippen molar-refractivity contribution in [2.75, 3.05) is 18.6 Å². The quantitative estimate of drug-likeness (QED) is 0.552. The number of rotatable bonds is 3. The maximum absolute atomic E-state index is 11.8. The van der Waals surface area contributed by atoms with Crippen LogP contribution in [0.3, 0.4) is 0 Å². The predicted octanol–water partition coefficient (Wildman–Crippen LogP) is -0.409. The van der Waals surface area contributed by atoms with Crippen molar-refractivity contribution < 1.29 is 19.7 Å². The molecule has 23 heavy (non-hydrogen) atoms. The van der Waals surface area contributed by atoms with Crippen LogP contribution in [0.1, 0.15) is 12.5 Å². The molecule has 2 heterocycles. The molecule has 0 saturated heterocycles. The van der Waals surface area contributed by atoms with Crippen molar-refractivity contribution >= 4 is 24.4 Å². The molecule has 0 radical (unpaired) electrons. The van der Waals surface area contributed by atoms with Crippen molar-refractivity contribution in [3.8, 4) is 0 Å². The molecule has 4 rings (SSSR count). The minimum Gasteiger partial charge on any atom is -0.390 e. The van der Waals surface area contributed by atoms with Crippen LogP contribution < -0.4 is 5.73 Å². The number of nitrogens with zero attached hydrogens (tertiary/aromatic N) is 4. The molecule has 0 aliphatic heterocycles. The van der Waals surface area contributed by atoms with Gasteiger partial charge in [-0.05, 0) is 12.3 Å². The first-order valence-electron chi connectivity index (χ1n) is 7.33. The molecule has 0 spiro atoms. The number of anilines is 1. The summed E-state index contributed by atoms with van der Waals surface area (Å²) in [4.78, 5) is 21.9. The summed E-state index contributed by atoms with van der Waals surface area (Å²) in [5.74, 6) is 0.152. The Morgan fingerprint density at radius 3 is 2.87 bits per heavy atom. The van der Waals surface area contributed by atoms with Gasteiger partial charge in [-0.2, -0.15) is 0 Å². The van der Waals surface area contributed by atoms with Crippen LogP contribution in [0.5, 0.6) is 0 Å². The lowest BCUT2D eigenvalue weighted by atomic mass is 10.0. The fraction of sp³-hybridized carbons (Fsp3) is 0.615. The third-order valence-electron chi connectivity index (χ3n) is 5.15. The molecule has 6 atom stereocenters. The third-order valence-corrected chi connectivity index (χ3v) is 6.32. The average molecular weight is 339 g/mol. The molecular weight excluding hydrogens is 321 g/mol. The number of fused-ring (bicyclic) bond motifs is 2. The molecule has 2 fully saturated rings. The minimum atomic E-state index is -3.30. The van der Waals surface area contributed by atoms with E-state index in [1.165, 1.54) is 19.3 Å². The first-order chi connectivity index (χ1) is 10.7. The lowest BCUT2D eigenvalue weighted by molar-refractivity contribution is -0.0133. The van der Waals surface area contributed by atoms with Crippen molar-refractivity contribution in [1.82, 2.24) is 19.5 Å². The molecule has 2 aliphatic rings. The zero-order valence-electron chi connectivity index (χ0n) is 12.4. The zero-order chi connectivity index (χ0) is 16.6. The van der Waals surface area contributed by atoms with Crippen LogP contribution in [0.15, 0.2) is 12.7 Å². The van der Waals surface area contributed by atoms with Gasteiger partial charge in [-0.1, -0.05) is 0 Å². The average Bonchev–Trinajstić information content (AvgIpc) is 2.89. The van der Waals surface area contributed by atoms with E-state index < -0.39 is 31.0 Å². The molecule has 2 saturated carbocycles. The van der Waals surface area contributed by atoms with Gasteiger partial charge in [-0.3, -0.25) is 4.57 Å². The summed E-state index contributed by atoms with van der Waals surface area (Å²) in [6.07, 6.45) is 1.35. The van der Waals surface area contributed by atoms with Gasteiger partial charge in [0.05, 0.1) is 18.5 Å². The van der Waals surface area contributed by atoms with Gasteiger partial charge in [0.15, 0.2) is 18.8 Å². The zero-order valence-corrected chi connectivity index (χ0v) is 13.3. The van der Waals surface area contributed by atoms with Gasteiger partial charge in [-0.25, -0.2) is 15.0 Å². The number of hydrogen-bond donors (Lipinski definition) is 4. The number of aliphatic hydroxyl groups excluding tert-OH is 2. The standard InChI is InChI=1S/C13H18N5O4P/c1-23(21,22)3-13-2-6(13)8(9(19)10(13)20)18-5-17-7-11(14)15-4-16-12(7)18/h4-6,8-10,19-20H,2-3H2,1H3,(H,21,22)(H2,14,15,16)/t6-,8-,9+,10+,13-/m1/s1. The van der Waals surface area contributed by atoms with Crippen molar-refractivity contribution in [1.29, 1.82) is 0 Å². The molecule has 1 unspecified atom stereocenters. The van der Waals surface area contributed by atoms with Gasteiger partial charge < -0.3 is 25.4 Å². The van der Waals surface area contributed by atoms with E-state index in [4.69, 9.17) is 5.73 Å². The number of aromatic nitrogens is 4. The normalized spacial score (nSPS) is 38.4. The Kier molecular flexibility index (Phi) is 2.94. The third kappa shape index (κ3) is 2.04. The highest BCUT2D eigenvalue weighted by molar-refractivity contribution is 7.57. The topological polar surface area (TPSA) is 147 Å². The van der Waals surface area contributed by atoms with Crippen LogP contribution in [-0.4, -0.2) is 59.7 Å². The van der Waals surface area contributed by atoms with Crippen molar-refractivity contribution in [3.05, 3.63) is 12.7 Å². The highest BCUT2D eigenvalue weighted by Crippen LogP contribution is 2.71. The summed E-state index contributed by atoms with van der Waals surface area (Å²) in [7, 11) is -3.30. The number of imidazole rings is 1. The monoisotopic (exact) mass is 339 g/mol. The van der Waals surface area contributed by atoms with Crippen LogP contribution in [0.4, 0.5) is 5.82 Å². The number of nitrogen functional groups attached to an aromatic ring is 1. The van der Waals surface area contributed by atoms with E-state index >= 15 is 0 Å². The fourth-order valence-electron chi connectivity index (χ4n) is 4.18. The van der Waals surface area contributed by atoms with Gasteiger partial charge >= 0.3 is 0 Å². The molecule has 0 aromatic carbocycles. The first-order valence-corrected chi connectivity index (χ1v) is 9.62. The second-order valence-corrected chi connectivity index (χ2v) is 9.18. The molecule has 2 aromatic heterocycles. The summed E-state index contributed by atoms with van der Waals surface area (Å²) < 4.78 is 13.5. The smallest absolute Gasteiger partial charge is 0.198 e. The summed E-state index contributed by atoms with van der Waals surface area (Å²) in [5, 5.41) is 20.9. The van der Waals surface area contributed by atoms with Crippen molar-refractivity contribution in [2.45, 2.75) is 24.7 Å². The van der Waals surface area contributed by atoms with E-state index in [0.29, 0.717) is 17.6 Å². The van der Waals surface area contributed by atoms with Gasteiger partial charge in [0.1, 0.15) is 17.9 Å². The summed E-state index contributed by atoms with van der Waals surface area (Å²) in [5.41, 5.74) is 5.99. The van der Waals surface area contributed by atoms with E-state index in [1.807, 2.05) is 0 Å². The van der Waals surface area contributed by atoms with E-state index in [2.05, 4.69) is 15.0 Å². The van der Waals surface area contributed by atoms with Gasteiger partial charge in [0.25, 0.3) is 0 Å². The lowest BCUT2D eigenvalue weighted by Crippen LogP contribution is -2.35. The number of aliphatic hydroxyl groups is 2. The largest absolute Gasteiger partial charge is 0.390 e. The summed E-state index contributed by atoms with van der Waals surface area (Å²) in [6, 6.07) is -0.448. The molecular formula is C13H18N5O4P. The van der Waals surface area contributed by atoms with E-state index in [0.717, 1.165) is 0 Å². The second kappa shape index (κ2) is 4.51. The second-order valence-electron chi connectivity index (χ2n) is 6.76. The SMILES string of the molecule is CP(=O)(O)C[C@]12C[C@@H]1[C@@H](n1cnc3c(N)ncnc31)[C@H](O)[C@@H]2O. The molecule has 2 aliphatic carbocycles. The van der Waals surface area contributed by atoms with Crippen LogP contribution in [0.2, 0.25) is 0 Å². The van der Waals surface area contributed by atoms with Gasteiger partial charge in [0, 0.05) is 18.2 Å². The Morgan fingerprint density at radius 1 is 1.43 bits per heavy atom. The van der Waals surface area contributed by atoms with E-state index in [1.54, 1.807) is 4.57 Å². The Hall–Kier alpha value is -1.54. The highest BCUT2D eigenvalue weighted by atomic mass is 31.2. The minimum absolute atomic E-state index is 0.00312. The number of nitrogens with two attached hydrogens (primary N) is 1. The Labute approximate surface area is 131 Å². The predicted molar refractivity (Wildman–Crippen MR) is 81.9 cm³/mol. The van der Waals surface area contributed by atoms with Crippen LogP contribution in [-0.2, 0) is 4.57 Å². The molecule has 0 amide bonds. The highest BCUT2D eigenvalue weighted by Gasteiger charge is 2.72. The van der Waals surface area contributed by atoms with Gasteiger partial charge in [0.2, 0.25) is 0 Å². The van der Waals surface area contributed by atoms with Crippen molar-refractivity contribution in [3.63, 3.8) is 0 Å². The molecule has 10 heteroatoms.